The molecule has 2 aliphatic rings. The summed E-state index contributed by atoms with van der Waals surface area (Å²) in [5.74, 6) is -0.236. The molecule has 3 aromatic rings. The van der Waals surface area contributed by atoms with Crippen LogP contribution in [-0.2, 0) is 10.0 Å². The minimum atomic E-state index is -3.50. The first kappa shape index (κ1) is 21.7. The largest absolute Gasteiger partial charge is 0.330 e. The molecule has 1 amide bonds. The predicted molar refractivity (Wildman–Crippen MR) is 125 cm³/mol. The van der Waals surface area contributed by atoms with E-state index < -0.39 is 10.0 Å². The first-order valence-electron chi connectivity index (χ1n) is 11.3. The number of piperidine rings is 1. The number of hydrogen-bond donors (Lipinski definition) is 2. The van der Waals surface area contributed by atoms with E-state index in [1.54, 1.807) is 43.0 Å². The van der Waals surface area contributed by atoms with Gasteiger partial charge in [0.25, 0.3) is 11.5 Å². The number of aromatic amines is 1. The highest BCUT2D eigenvalue weighted by Crippen LogP contribution is 2.34. The summed E-state index contributed by atoms with van der Waals surface area (Å²) in [7, 11) is -3.50. The number of fused-ring (bicyclic) bond motifs is 1. The van der Waals surface area contributed by atoms with Crippen molar-refractivity contribution in [1.29, 1.82) is 0 Å². The standard InChI is InChI=1S/C23H27N5O4S/c1-14-15(2)24-21-13-19(25-28(21)22(14)29)20-9-5-6-12-27(20)23(30)17-7-3-4-8-18(17)26-33(31,32)16-10-11-16/h3-4,7-8,13,16,20,25-26H,5-6,9-12H2,1-2H3. The maximum absolute atomic E-state index is 13.7. The monoisotopic (exact) mass is 469 g/mol. The molecule has 2 fully saturated rings. The molecule has 174 valence electrons. The van der Waals surface area contributed by atoms with Crippen LogP contribution in [0.2, 0.25) is 0 Å². The molecular formula is C23H27N5O4S. The maximum atomic E-state index is 13.7. The van der Waals surface area contributed by atoms with Crippen molar-refractivity contribution in [3.05, 3.63) is 63.2 Å². The molecule has 1 atom stereocenters. The summed E-state index contributed by atoms with van der Waals surface area (Å²) in [5, 5.41) is 2.77. The van der Waals surface area contributed by atoms with Crippen LogP contribution in [0.15, 0.2) is 35.1 Å². The van der Waals surface area contributed by atoms with E-state index in [2.05, 4.69) is 14.8 Å². The van der Waals surface area contributed by atoms with Crippen LogP contribution >= 0.6 is 0 Å². The van der Waals surface area contributed by atoms with Crippen LogP contribution in [0.25, 0.3) is 5.65 Å². The van der Waals surface area contributed by atoms with Gasteiger partial charge in [0, 0.05) is 23.9 Å². The Labute approximate surface area is 191 Å². The second-order valence-corrected chi connectivity index (χ2v) is 10.9. The number of para-hydroxylation sites is 1. The van der Waals surface area contributed by atoms with Crippen LogP contribution in [-0.4, -0.2) is 45.6 Å². The molecule has 1 aromatic carbocycles. The maximum Gasteiger partial charge on any atom is 0.275 e. The molecule has 1 unspecified atom stereocenters. The number of anilines is 1. The number of aromatic nitrogens is 3. The number of sulfonamides is 1. The number of likely N-dealkylation sites (tertiary alicyclic amines) is 1. The fourth-order valence-electron chi connectivity index (χ4n) is 4.43. The molecule has 0 spiro atoms. The number of amides is 1. The third-order valence-electron chi connectivity index (χ3n) is 6.60. The first-order chi connectivity index (χ1) is 15.8. The number of rotatable bonds is 5. The molecule has 2 N–H and O–H groups in total. The van der Waals surface area contributed by atoms with Gasteiger partial charge in [-0.2, -0.15) is 0 Å². The van der Waals surface area contributed by atoms with Gasteiger partial charge in [-0.3, -0.25) is 19.4 Å². The number of hydrogen-bond acceptors (Lipinski definition) is 5. The summed E-state index contributed by atoms with van der Waals surface area (Å²) >= 11 is 0. The molecule has 10 heteroatoms. The van der Waals surface area contributed by atoms with Gasteiger partial charge < -0.3 is 4.90 Å². The topological polar surface area (TPSA) is 117 Å². The highest BCUT2D eigenvalue weighted by Gasteiger charge is 2.37. The van der Waals surface area contributed by atoms with E-state index in [9.17, 15) is 18.0 Å². The van der Waals surface area contributed by atoms with Gasteiger partial charge in [0.15, 0.2) is 5.65 Å². The van der Waals surface area contributed by atoms with E-state index in [0.717, 1.165) is 25.0 Å². The van der Waals surface area contributed by atoms with Crippen molar-refractivity contribution in [2.45, 2.75) is 57.2 Å². The molecule has 5 rings (SSSR count). The van der Waals surface area contributed by atoms with Crippen LogP contribution in [0, 0.1) is 13.8 Å². The van der Waals surface area contributed by atoms with Crippen LogP contribution < -0.4 is 10.3 Å². The Bertz CT molecular complexity index is 1400. The summed E-state index contributed by atoms with van der Waals surface area (Å²) in [6.07, 6.45) is 3.83. The van der Waals surface area contributed by atoms with Crippen molar-refractivity contribution in [3.8, 4) is 0 Å². The molecule has 1 aliphatic heterocycles. The second-order valence-electron chi connectivity index (χ2n) is 8.93. The van der Waals surface area contributed by atoms with Gasteiger partial charge in [-0.05, 0) is 58.1 Å². The molecule has 0 bridgehead atoms. The summed E-state index contributed by atoms with van der Waals surface area (Å²) in [6, 6.07) is 8.30. The summed E-state index contributed by atoms with van der Waals surface area (Å²) in [6.45, 7) is 4.09. The summed E-state index contributed by atoms with van der Waals surface area (Å²) in [4.78, 5) is 32.6. The number of aryl methyl sites for hydroxylation is 1. The Morgan fingerprint density at radius 1 is 1.15 bits per heavy atom. The molecule has 1 saturated heterocycles. The lowest BCUT2D eigenvalue weighted by Gasteiger charge is -2.35. The average molecular weight is 470 g/mol. The van der Waals surface area contributed by atoms with Gasteiger partial charge in [-0.15, -0.1) is 0 Å². The highest BCUT2D eigenvalue weighted by atomic mass is 32.2. The zero-order valence-electron chi connectivity index (χ0n) is 18.7. The van der Waals surface area contributed by atoms with E-state index in [4.69, 9.17) is 0 Å². The minimum absolute atomic E-state index is 0.155. The Balaban J connectivity index is 1.50. The lowest BCUT2D eigenvalue weighted by molar-refractivity contribution is 0.0607. The normalized spacial score (nSPS) is 19.1. The van der Waals surface area contributed by atoms with Gasteiger partial charge in [-0.1, -0.05) is 12.1 Å². The first-order valence-corrected chi connectivity index (χ1v) is 12.8. The van der Waals surface area contributed by atoms with Gasteiger partial charge >= 0.3 is 0 Å². The van der Waals surface area contributed by atoms with Crippen molar-refractivity contribution >= 4 is 27.3 Å². The van der Waals surface area contributed by atoms with Crippen LogP contribution in [0.5, 0.6) is 0 Å². The smallest absolute Gasteiger partial charge is 0.275 e. The Hall–Kier alpha value is -3.14. The zero-order valence-corrected chi connectivity index (χ0v) is 19.5. The number of carbonyl (C=O) groups excluding carboxylic acids is 1. The van der Waals surface area contributed by atoms with E-state index >= 15 is 0 Å². The molecule has 9 nitrogen and oxygen atoms in total. The number of nitrogens with one attached hydrogen (secondary N) is 2. The van der Waals surface area contributed by atoms with E-state index in [0.29, 0.717) is 47.5 Å². The molecule has 0 radical (unpaired) electrons. The van der Waals surface area contributed by atoms with Crippen molar-refractivity contribution in [2.24, 2.45) is 0 Å². The fourth-order valence-corrected chi connectivity index (χ4v) is 5.84. The molecule has 3 heterocycles. The van der Waals surface area contributed by atoms with E-state index in [1.165, 1.54) is 4.52 Å². The number of benzene rings is 1. The number of nitrogens with zero attached hydrogens (tertiary/aromatic N) is 3. The summed E-state index contributed by atoms with van der Waals surface area (Å²) in [5.41, 5.74) is 3.00. The van der Waals surface area contributed by atoms with Gasteiger partial charge in [0.05, 0.1) is 28.2 Å². The zero-order chi connectivity index (χ0) is 23.3. The lowest BCUT2D eigenvalue weighted by atomic mass is 9.98. The van der Waals surface area contributed by atoms with Crippen molar-refractivity contribution in [3.63, 3.8) is 0 Å². The molecule has 33 heavy (non-hydrogen) atoms. The summed E-state index contributed by atoms with van der Waals surface area (Å²) < 4.78 is 29.1. The Morgan fingerprint density at radius 2 is 1.91 bits per heavy atom. The minimum Gasteiger partial charge on any atom is -0.330 e. The van der Waals surface area contributed by atoms with Crippen molar-refractivity contribution < 1.29 is 13.2 Å². The highest BCUT2D eigenvalue weighted by molar-refractivity contribution is 7.93. The second kappa shape index (κ2) is 8.02. The number of carbonyl (C=O) groups is 1. The molecular weight excluding hydrogens is 442 g/mol. The van der Waals surface area contributed by atoms with Gasteiger partial charge in [0.1, 0.15) is 0 Å². The number of H-pyrrole nitrogens is 1. The lowest BCUT2D eigenvalue weighted by Crippen LogP contribution is -2.39. The Kier molecular flexibility index (Phi) is 5.27. The van der Waals surface area contributed by atoms with E-state index in [1.807, 2.05) is 6.07 Å². The van der Waals surface area contributed by atoms with Crippen LogP contribution in [0.1, 0.15) is 65.5 Å². The third-order valence-corrected chi connectivity index (χ3v) is 8.45. The fraction of sp³-hybridized carbons (Fsp3) is 0.435. The van der Waals surface area contributed by atoms with Gasteiger partial charge in [0.2, 0.25) is 10.0 Å². The van der Waals surface area contributed by atoms with E-state index in [-0.39, 0.29) is 22.8 Å². The average Bonchev–Trinajstić information content (AvgIpc) is 3.59. The van der Waals surface area contributed by atoms with Crippen molar-refractivity contribution in [1.82, 2.24) is 19.5 Å². The van der Waals surface area contributed by atoms with Gasteiger partial charge in [-0.25, -0.2) is 17.9 Å². The molecule has 1 saturated carbocycles. The SMILES string of the molecule is Cc1nc2cc(C3CCCCN3C(=O)c3ccccc3NS(=O)(=O)C3CC3)[nH]n2c(=O)c1C. The predicted octanol–water partition coefficient (Wildman–Crippen LogP) is 2.91. The molecule has 1 aliphatic carbocycles. The Morgan fingerprint density at radius 3 is 2.67 bits per heavy atom. The third kappa shape index (κ3) is 3.92. The molecule has 2 aromatic heterocycles. The van der Waals surface area contributed by atoms with Crippen LogP contribution in [0.3, 0.4) is 0 Å². The van der Waals surface area contributed by atoms with Crippen LogP contribution in [0.4, 0.5) is 5.69 Å². The quantitative estimate of drug-likeness (QED) is 0.596. The van der Waals surface area contributed by atoms with Crippen molar-refractivity contribution in [2.75, 3.05) is 11.3 Å².